The molecule has 1 unspecified atom stereocenters. The number of hydrogen-bond acceptors (Lipinski definition) is 4. The summed E-state index contributed by atoms with van der Waals surface area (Å²) in [5.41, 5.74) is 6.82. The molecule has 18 heavy (non-hydrogen) atoms. The van der Waals surface area contributed by atoms with E-state index in [1.807, 2.05) is 24.3 Å². The van der Waals surface area contributed by atoms with Crippen molar-refractivity contribution in [3.8, 4) is 5.75 Å². The molecular weight excluding hydrogens is 230 g/mol. The summed E-state index contributed by atoms with van der Waals surface area (Å²) in [6.07, 6.45) is 2.61. The van der Waals surface area contributed by atoms with E-state index in [-0.39, 0.29) is 12.0 Å². The van der Waals surface area contributed by atoms with E-state index in [4.69, 9.17) is 15.2 Å². The molecule has 1 aliphatic carbocycles. The van der Waals surface area contributed by atoms with E-state index < -0.39 is 0 Å². The number of nitrogens with two attached hydrogens (primary N) is 1. The number of esters is 1. The molecule has 1 atom stereocenters. The fraction of sp³-hybridized carbons (Fsp3) is 0.500. The monoisotopic (exact) mass is 249 g/mol. The normalized spacial score (nSPS) is 16.1. The SMILES string of the molecule is COc1ccc(COC(=O)CC(N)C2CC2)cc1. The molecule has 4 nitrogen and oxygen atoms in total. The predicted molar refractivity (Wildman–Crippen MR) is 68.1 cm³/mol. The fourth-order valence-electron chi connectivity index (χ4n) is 1.83. The highest BCUT2D eigenvalue weighted by Gasteiger charge is 2.30. The molecule has 0 aromatic heterocycles. The van der Waals surface area contributed by atoms with Crippen molar-refractivity contribution < 1.29 is 14.3 Å². The van der Waals surface area contributed by atoms with Crippen LogP contribution in [0.3, 0.4) is 0 Å². The van der Waals surface area contributed by atoms with Crippen molar-refractivity contribution in [1.29, 1.82) is 0 Å². The molecule has 1 aromatic carbocycles. The van der Waals surface area contributed by atoms with Gasteiger partial charge < -0.3 is 15.2 Å². The molecule has 0 heterocycles. The van der Waals surface area contributed by atoms with Crippen molar-refractivity contribution in [3.05, 3.63) is 29.8 Å². The third-order valence-electron chi connectivity index (χ3n) is 3.19. The first-order valence-corrected chi connectivity index (χ1v) is 6.23. The van der Waals surface area contributed by atoms with Crippen molar-refractivity contribution >= 4 is 5.97 Å². The lowest BCUT2D eigenvalue weighted by Crippen LogP contribution is -2.26. The van der Waals surface area contributed by atoms with Gasteiger partial charge in [-0.3, -0.25) is 4.79 Å². The molecule has 0 radical (unpaired) electrons. The zero-order valence-corrected chi connectivity index (χ0v) is 10.6. The van der Waals surface area contributed by atoms with E-state index in [1.54, 1.807) is 7.11 Å². The molecule has 0 saturated heterocycles. The summed E-state index contributed by atoms with van der Waals surface area (Å²) in [5, 5.41) is 0. The van der Waals surface area contributed by atoms with E-state index in [9.17, 15) is 4.79 Å². The lowest BCUT2D eigenvalue weighted by Gasteiger charge is -2.10. The van der Waals surface area contributed by atoms with Gasteiger partial charge in [0, 0.05) is 6.04 Å². The van der Waals surface area contributed by atoms with Crippen molar-refractivity contribution in [2.75, 3.05) is 7.11 Å². The molecule has 0 amide bonds. The van der Waals surface area contributed by atoms with Gasteiger partial charge in [-0.15, -0.1) is 0 Å². The number of hydrogen-bond donors (Lipinski definition) is 1. The molecule has 1 aliphatic rings. The maximum absolute atomic E-state index is 11.6. The minimum absolute atomic E-state index is 0.0339. The molecule has 0 bridgehead atoms. The number of carbonyl (C=O) groups is 1. The Hall–Kier alpha value is -1.55. The van der Waals surface area contributed by atoms with Crippen molar-refractivity contribution in [3.63, 3.8) is 0 Å². The van der Waals surface area contributed by atoms with E-state index in [2.05, 4.69) is 0 Å². The van der Waals surface area contributed by atoms with E-state index in [1.165, 1.54) is 0 Å². The lowest BCUT2D eigenvalue weighted by molar-refractivity contribution is -0.145. The molecule has 0 aliphatic heterocycles. The topological polar surface area (TPSA) is 61.5 Å². The summed E-state index contributed by atoms with van der Waals surface area (Å²) in [4.78, 5) is 11.6. The maximum atomic E-state index is 11.6. The Morgan fingerprint density at radius 2 is 2.06 bits per heavy atom. The van der Waals surface area contributed by atoms with Crippen LogP contribution in [0.25, 0.3) is 0 Å². The first kappa shape index (κ1) is 12.9. The second-order valence-corrected chi connectivity index (χ2v) is 4.71. The summed E-state index contributed by atoms with van der Waals surface area (Å²) in [6.45, 7) is 0.292. The third kappa shape index (κ3) is 3.74. The van der Waals surface area contributed by atoms with Crippen LogP contribution in [-0.2, 0) is 16.1 Å². The number of methoxy groups -OCH3 is 1. The Morgan fingerprint density at radius 1 is 1.39 bits per heavy atom. The smallest absolute Gasteiger partial charge is 0.307 e. The van der Waals surface area contributed by atoms with Crippen LogP contribution in [0, 0.1) is 5.92 Å². The zero-order valence-electron chi connectivity index (χ0n) is 10.6. The summed E-state index contributed by atoms with van der Waals surface area (Å²) >= 11 is 0. The van der Waals surface area contributed by atoms with Gasteiger partial charge in [0.25, 0.3) is 0 Å². The van der Waals surface area contributed by atoms with Crippen molar-refractivity contribution in [2.24, 2.45) is 11.7 Å². The Kier molecular flexibility index (Phi) is 4.20. The van der Waals surface area contributed by atoms with Gasteiger partial charge in [0.15, 0.2) is 0 Å². The van der Waals surface area contributed by atoms with Gasteiger partial charge in [0.05, 0.1) is 13.5 Å². The number of rotatable bonds is 6. The van der Waals surface area contributed by atoms with Crippen LogP contribution >= 0.6 is 0 Å². The molecule has 98 valence electrons. The zero-order chi connectivity index (χ0) is 13.0. The molecule has 4 heteroatoms. The van der Waals surface area contributed by atoms with Gasteiger partial charge in [-0.25, -0.2) is 0 Å². The first-order valence-electron chi connectivity index (χ1n) is 6.23. The van der Waals surface area contributed by atoms with Crippen molar-refractivity contribution in [2.45, 2.75) is 31.9 Å². The highest BCUT2D eigenvalue weighted by molar-refractivity contribution is 5.70. The Morgan fingerprint density at radius 3 is 2.61 bits per heavy atom. The maximum Gasteiger partial charge on any atom is 0.307 e. The molecule has 1 fully saturated rings. The Balaban J connectivity index is 1.74. The van der Waals surface area contributed by atoms with E-state index >= 15 is 0 Å². The molecule has 0 spiro atoms. The molecule has 1 saturated carbocycles. The van der Waals surface area contributed by atoms with Crippen LogP contribution in [0.2, 0.25) is 0 Å². The highest BCUT2D eigenvalue weighted by atomic mass is 16.5. The number of ether oxygens (including phenoxy) is 2. The van der Waals surface area contributed by atoms with Gasteiger partial charge in [0.1, 0.15) is 12.4 Å². The Labute approximate surface area is 107 Å². The molecular formula is C14H19NO3. The second-order valence-electron chi connectivity index (χ2n) is 4.71. The molecule has 2 rings (SSSR count). The lowest BCUT2D eigenvalue weighted by atomic mass is 10.1. The van der Waals surface area contributed by atoms with Crippen LogP contribution in [-0.4, -0.2) is 19.1 Å². The van der Waals surface area contributed by atoms with E-state index in [0.717, 1.165) is 24.2 Å². The summed E-state index contributed by atoms with van der Waals surface area (Å²) in [5.74, 6) is 1.10. The van der Waals surface area contributed by atoms with Crippen molar-refractivity contribution in [1.82, 2.24) is 0 Å². The second kappa shape index (κ2) is 5.87. The molecule has 1 aromatic rings. The van der Waals surface area contributed by atoms with Gasteiger partial charge in [0.2, 0.25) is 0 Å². The van der Waals surface area contributed by atoms with Gasteiger partial charge in [-0.2, -0.15) is 0 Å². The average Bonchev–Trinajstić information content (AvgIpc) is 3.21. The van der Waals surface area contributed by atoms with Crippen LogP contribution in [0.5, 0.6) is 5.75 Å². The average molecular weight is 249 g/mol. The van der Waals surface area contributed by atoms with Crippen LogP contribution < -0.4 is 10.5 Å². The van der Waals surface area contributed by atoms with Crippen LogP contribution in [0.15, 0.2) is 24.3 Å². The quantitative estimate of drug-likeness (QED) is 0.782. The first-order chi connectivity index (χ1) is 8.69. The van der Waals surface area contributed by atoms with Crippen LogP contribution in [0.4, 0.5) is 0 Å². The summed E-state index contributed by atoms with van der Waals surface area (Å²) in [6, 6.07) is 7.42. The predicted octanol–water partition coefficient (Wildman–Crippen LogP) is 1.87. The fourth-order valence-corrected chi connectivity index (χ4v) is 1.83. The number of carbonyl (C=O) groups excluding carboxylic acids is 1. The van der Waals surface area contributed by atoms with Gasteiger partial charge >= 0.3 is 5.97 Å². The highest BCUT2D eigenvalue weighted by Crippen LogP contribution is 2.32. The largest absolute Gasteiger partial charge is 0.497 e. The third-order valence-corrected chi connectivity index (χ3v) is 3.19. The van der Waals surface area contributed by atoms with Crippen LogP contribution in [0.1, 0.15) is 24.8 Å². The summed E-state index contributed by atoms with van der Waals surface area (Å²) < 4.78 is 10.2. The Bertz CT molecular complexity index is 398. The minimum atomic E-state index is -0.217. The summed E-state index contributed by atoms with van der Waals surface area (Å²) in [7, 11) is 1.62. The minimum Gasteiger partial charge on any atom is -0.497 e. The molecule has 2 N–H and O–H groups in total. The van der Waals surface area contributed by atoms with Gasteiger partial charge in [-0.1, -0.05) is 12.1 Å². The van der Waals surface area contributed by atoms with Gasteiger partial charge in [-0.05, 0) is 36.5 Å². The van der Waals surface area contributed by atoms with E-state index in [0.29, 0.717) is 18.9 Å². The number of benzene rings is 1. The standard InChI is InChI=1S/C14H19NO3/c1-17-12-6-2-10(3-7-12)9-18-14(16)8-13(15)11-4-5-11/h2-3,6-7,11,13H,4-5,8-9,15H2,1H3.